The number of carbonyl (C=O) groups excluding carboxylic acids is 2. The van der Waals surface area contributed by atoms with Crippen LogP contribution in [0.15, 0.2) is 30.4 Å². The molecule has 126 valence electrons. The molecule has 23 heavy (non-hydrogen) atoms. The Morgan fingerprint density at radius 2 is 1.74 bits per heavy atom. The summed E-state index contributed by atoms with van der Waals surface area (Å²) in [6.45, 7) is 5.83. The van der Waals surface area contributed by atoms with Gasteiger partial charge in [0.1, 0.15) is 5.75 Å². The average Bonchev–Trinajstić information content (AvgIpc) is 2.53. The first-order chi connectivity index (χ1) is 11.0. The second kappa shape index (κ2) is 9.66. The van der Waals surface area contributed by atoms with E-state index < -0.39 is 17.9 Å². The lowest BCUT2D eigenvalue weighted by Gasteiger charge is -2.11. The Morgan fingerprint density at radius 3 is 2.22 bits per heavy atom. The minimum Gasteiger partial charge on any atom is -0.497 e. The predicted molar refractivity (Wildman–Crippen MR) is 87.3 cm³/mol. The van der Waals surface area contributed by atoms with Gasteiger partial charge in [0.15, 0.2) is 5.92 Å². The molecule has 0 bridgehead atoms. The molecule has 1 aromatic carbocycles. The van der Waals surface area contributed by atoms with Crippen LogP contribution in [0.5, 0.6) is 5.75 Å². The summed E-state index contributed by atoms with van der Waals surface area (Å²) in [4.78, 5) is 23.7. The molecule has 0 aliphatic rings. The minimum atomic E-state index is -1.02. The maximum absolute atomic E-state index is 11.9. The molecule has 5 heteroatoms. The van der Waals surface area contributed by atoms with Crippen LogP contribution in [0.1, 0.15) is 25.0 Å². The average molecular weight is 320 g/mol. The van der Waals surface area contributed by atoms with Gasteiger partial charge in [-0.25, -0.2) is 0 Å². The Morgan fingerprint density at radius 1 is 1.13 bits per heavy atom. The number of hydrogen-bond donors (Lipinski definition) is 0. The Labute approximate surface area is 137 Å². The van der Waals surface area contributed by atoms with Crippen molar-refractivity contribution in [3.8, 4) is 5.75 Å². The number of allylic oxidation sites excluding steroid dienone is 1. The van der Waals surface area contributed by atoms with Crippen LogP contribution < -0.4 is 4.74 Å². The van der Waals surface area contributed by atoms with Crippen molar-refractivity contribution in [1.29, 1.82) is 0 Å². The van der Waals surface area contributed by atoms with Crippen molar-refractivity contribution in [3.63, 3.8) is 0 Å². The van der Waals surface area contributed by atoms with Gasteiger partial charge in [-0.2, -0.15) is 0 Å². The molecule has 5 nitrogen and oxygen atoms in total. The third kappa shape index (κ3) is 5.77. The zero-order chi connectivity index (χ0) is 17.2. The molecule has 0 radical (unpaired) electrons. The molecule has 0 atom stereocenters. The fourth-order valence-corrected chi connectivity index (χ4v) is 2.07. The molecule has 0 aliphatic carbocycles. The first-order valence-corrected chi connectivity index (χ1v) is 7.66. The van der Waals surface area contributed by atoms with Gasteiger partial charge in [-0.3, -0.25) is 9.59 Å². The summed E-state index contributed by atoms with van der Waals surface area (Å²) in [6, 6.07) is 5.78. The highest BCUT2D eigenvalue weighted by Crippen LogP contribution is 2.18. The second-order valence-electron chi connectivity index (χ2n) is 4.91. The van der Waals surface area contributed by atoms with Gasteiger partial charge in [-0.05, 0) is 50.5 Å². The fourth-order valence-electron chi connectivity index (χ4n) is 2.07. The highest BCUT2D eigenvalue weighted by Gasteiger charge is 2.26. The molecule has 0 aliphatic heterocycles. The van der Waals surface area contributed by atoms with Gasteiger partial charge in [-0.15, -0.1) is 0 Å². The van der Waals surface area contributed by atoms with Gasteiger partial charge in [-0.1, -0.05) is 18.2 Å². The van der Waals surface area contributed by atoms with E-state index in [0.717, 1.165) is 16.9 Å². The van der Waals surface area contributed by atoms with Crippen LogP contribution >= 0.6 is 0 Å². The molecular weight excluding hydrogens is 296 g/mol. The fraction of sp³-hybridized carbons (Fsp3) is 0.444. The van der Waals surface area contributed by atoms with Crippen LogP contribution in [-0.2, 0) is 25.5 Å². The Hall–Kier alpha value is -2.30. The summed E-state index contributed by atoms with van der Waals surface area (Å²) in [5.74, 6) is -1.40. The largest absolute Gasteiger partial charge is 0.497 e. The van der Waals surface area contributed by atoms with E-state index >= 15 is 0 Å². The summed E-state index contributed by atoms with van der Waals surface area (Å²) in [6.07, 6.45) is 3.93. The number of ether oxygens (including phenoxy) is 3. The molecule has 0 saturated carbocycles. The first kappa shape index (κ1) is 18.7. The van der Waals surface area contributed by atoms with Crippen molar-refractivity contribution in [1.82, 2.24) is 0 Å². The molecule has 1 aromatic rings. The van der Waals surface area contributed by atoms with E-state index in [9.17, 15) is 9.59 Å². The standard InChI is InChI=1S/C18H24O5/c1-5-22-17(19)16(18(20)23-6-2)9-7-8-14-10-11-15(21-4)12-13(14)3/h7,9-12,16H,5-6,8H2,1-4H3/b9-7+. The summed E-state index contributed by atoms with van der Waals surface area (Å²) in [7, 11) is 1.62. The Kier molecular flexibility index (Phi) is 7.88. The smallest absolute Gasteiger partial charge is 0.324 e. The second-order valence-corrected chi connectivity index (χ2v) is 4.91. The van der Waals surface area contributed by atoms with E-state index in [-0.39, 0.29) is 13.2 Å². The van der Waals surface area contributed by atoms with Crippen molar-refractivity contribution in [2.75, 3.05) is 20.3 Å². The van der Waals surface area contributed by atoms with Crippen LogP contribution in [0.3, 0.4) is 0 Å². The molecule has 1 rings (SSSR count). The van der Waals surface area contributed by atoms with E-state index in [1.165, 1.54) is 0 Å². The van der Waals surface area contributed by atoms with Crippen molar-refractivity contribution >= 4 is 11.9 Å². The monoisotopic (exact) mass is 320 g/mol. The first-order valence-electron chi connectivity index (χ1n) is 7.66. The molecule has 0 spiro atoms. The van der Waals surface area contributed by atoms with Gasteiger partial charge in [0.25, 0.3) is 0 Å². The van der Waals surface area contributed by atoms with Gasteiger partial charge in [0.05, 0.1) is 20.3 Å². The lowest BCUT2D eigenvalue weighted by atomic mass is 10.0. The summed E-state index contributed by atoms with van der Waals surface area (Å²) in [5.41, 5.74) is 2.17. The van der Waals surface area contributed by atoms with Crippen molar-refractivity contribution < 1.29 is 23.8 Å². The number of methoxy groups -OCH3 is 1. The van der Waals surface area contributed by atoms with E-state index in [0.29, 0.717) is 6.42 Å². The Bertz CT molecular complexity index is 545. The van der Waals surface area contributed by atoms with Crippen LogP contribution in [0, 0.1) is 12.8 Å². The number of hydrogen-bond acceptors (Lipinski definition) is 5. The zero-order valence-corrected chi connectivity index (χ0v) is 14.1. The molecule has 0 aromatic heterocycles. The van der Waals surface area contributed by atoms with E-state index in [2.05, 4.69) is 0 Å². The third-order valence-electron chi connectivity index (χ3n) is 3.30. The predicted octanol–water partition coefficient (Wildman–Crippen LogP) is 2.84. The number of aryl methyl sites for hydroxylation is 1. The van der Waals surface area contributed by atoms with E-state index in [1.54, 1.807) is 33.1 Å². The van der Waals surface area contributed by atoms with E-state index in [4.69, 9.17) is 14.2 Å². The summed E-state index contributed by atoms with van der Waals surface area (Å²) in [5, 5.41) is 0. The van der Waals surface area contributed by atoms with Crippen LogP contribution in [0.25, 0.3) is 0 Å². The van der Waals surface area contributed by atoms with E-state index in [1.807, 2.05) is 25.1 Å². The minimum absolute atomic E-state index is 0.222. The lowest BCUT2D eigenvalue weighted by Crippen LogP contribution is -2.26. The molecule has 0 amide bonds. The van der Waals surface area contributed by atoms with Gasteiger partial charge in [0, 0.05) is 0 Å². The Balaban J connectivity index is 2.80. The van der Waals surface area contributed by atoms with Gasteiger partial charge in [0.2, 0.25) is 0 Å². The van der Waals surface area contributed by atoms with Gasteiger partial charge < -0.3 is 14.2 Å². The molecule has 0 unspecified atom stereocenters. The molecule has 0 fully saturated rings. The highest BCUT2D eigenvalue weighted by atomic mass is 16.6. The third-order valence-corrected chi connectivity index (χ3v) is 3.30. The zero-order valence-electron chi connectivity index (χ0n) is 14.1. The lowest BCUT2D eigenvalue weighted by molar-refractivity contribution is -0.158. The number of benzene rings is 1. The maximum Gasteiger partial charge on any atom is 0.324 e. The van der Waals surface area contributed by atoms with Crippen LogP contribution in [0.2, 0.25) is 0 Å². The maximum atomic E-state index is 11.9. The molecule has 0 saturated heterocycles. The van der Waals surface area contributed by atoms with Crippen LogP contribution in [-0.4, -0.2) is 32.3 Å². The normalized spacial score (nSPS) is 10.8. The summed E-state index contributed by atoms with van der Waals surface area (Å²) < 4.78 is 15.0. The molecule has 0 N–H and O–H groups in total. The van der Waals surface area contributed by atoms with Crippen molar-refractivity contribution in [3.05, 3.63) is 41.5 Å². The summed E-state index contributed by atoms with van der Waals surface area (Å²) >= 11 is 0. The quantitative estimate of drug-likeness (QED) is 0.419. The molecular formula is C18H24O5. The SMILES string of the molecule is CCOC(=O)C(/C=C/Cc1ccc(OC)cc1C)C(=O)OCC. The van der Waals surface area contributed by atoms with Gasteiger partial charge >= 0.3 is 11.9 Å². The number of esters is 2. The number of rotatable bonds is 8. The number of carbonyl (C=O) groups is 2. The van der Waals surface area contributed by atoms with Crippen molar-refractivity contribution in [2.45, 2.75) is 27.2 Å². The molecule has 0 heterocycles. The van der Waals surface area contributed by atoms with Crippen LogP contribution in [0.4, 0.5) is 0 Å². The van der Waals surface area contributed by atoms with Crippen molar-refractivity contribution in [2.24, 2.45) is 5.92 Å². The topological polar surface area (TPSA) is 61.8 Å². The highest BCUT2D eigenvalue weighted by molar-refractivity contribution is 5.96.